The summed E-state index contributed by atoms with van der Waals surface area (Å²) in [6, 6.07) is 5.88. The van der Waals surface area contributed by atoms with E-state index in [9.17, 15) is 10.2 Å². The molecule has 0 aliphatic rings. The second kappa shape index (κ2) is 3.77. The maximum atomic E-state index is 9.55. The molecule has 72 valence electrons. The van der Waals surface area contributed by atoms with Crippen molar-refractivity contribution in [2.75, 3.05) is 0 Å². The Bertz CT molecular complexity index is 264. The molecule has 0 saturated heterocycles. The molecule has 0 aromatic heterocycles. The van der Waals surface area contributed by atoms with Crippen LogP contribution in [0.25, 0.3) is 0 Å². The molecular formula is C10H14O3. The van der Waals surface area contributed by atoms with E-state index in [0.717, 1.165) is 0 Å². The molecule has 0 amide bonds. The molecule has 3 nitrogen and oxygen atoms in total. The summed E-state index contributed by atoms with van der Waals surface area (Å²) in [7, 11) is 0. The number of rotatable bonds is 3. The predicted octanol–water partition coefficient (Wildman–Crippen LogP) is 1.33. The molecule has 13 heavy (non-hydrogen) atoms. The number of hydrogen-bond acceptors (Lipinski definition) is 3. The smallest absolute Gasteiger partial charge is 0.189 e. The van der Waals surface area contributed by atoms with Crippen molar-refractivity contribution in [1.82, 2.24) is 0 Å². The van der Waals surface area contributed by atoms with Gasteiger partial charge in [-0.1, -0.05) is 13.3 Å². The van der Waals surface area contributed by atoms with E-state index in [1.54, 1.807) is 0 Å². The molecule has 1 aromatic rings. The van der Waals surface area contributed by atoms with E-state index in [2.05, 4.69) is 0 Å². The molecule has 0 atom stereocenters. The molecule has 0 saturated carbocycles. The lowest BCUT2D eigenvalue weighted by molar-refractivity contribution is -0.174. The van der Waals surface area contributed by atoms with Crippen molar-refractivity contribution in [3.05, 3.63) is 29.8 Å². The highest BCUT2D eigenvalue weighted by Gasteiger charge is 2.23. The maximum absolute atomic E-state index is 9.55. The van der Waals surface area contributed by atoms with Crippen molar-refractivity contribution in [1.29, 1.82) is 0 Å². The Labute approximate surface area is 77.3 Å². The fourth-order valence-corrected chi connectivity index (χ4v) is 1.22. The molecule has 0 radical (unpaired) electrons. The Morgan fingerprint density at radius 1 is 1.15 bits per heavy atom. The molecule has 3 N–H and O–H groups in total. The quantitative estimate of drug-likeness (QED) is 0.618. The molecule has 0 aliphatic carbocycles. The van der Waals surface area contributed by atoms with Gasteiger partial charge < -0.3 is 15.3 Å². The number of phenolic OH excluding ortho intramolecular Hbond substituents is 1. The van der Waals surface area contributed by atoms with Gasteiger partial charge in [-0.05, 0) is 24.3 Å². The third-order valence-corrected chi connectivity index (χ3v) is 1.93. The minimum atomic E-state index is -1.78. The molecule has 0 fully saturated rings. The van der Waals surface area contributed by atoms with Crippen LogP contribution in [0.4, 0.5) is 0 Å². The third-order valence-electron chi connectivity index (χ3n) is 1.93. The normalized spacial score (nSPS) is 11.6. The van der Waals surface area contributed by atoms with Gasteiger partial charge in [-0.2, -0.15) is 0 Å². The lowest BCUT2D eigenvalue weighted by Gasteiger charge is -2.21. The van der Waals surface area contributed by atoms with E-state index < -0.39 is 5.79 Å². The first-order valence-electron chi connectivity index (χ1n) is 4.30. The highest BCUT2D eigenvalue weighted by molar-refractivity contribution is 5.28. The fourth-order valence-electron chi connectivity index (χ4n) is 1.22. The van der Waals surface area contributed by atoms with Gasteiger partial charge in [-0.25, -0.2) is 0 Å². The van der Waals surface area contributed by atoms with Crippen LogP contribution in [0, 0.1) is 0 Å². The fraction of sp³-hybridized carbons (Fsp3) is 0.400. The second-order valence-electron chi connectivity index (χ2n) is 3.11. The molecule has 0 unspecified atom stereocenters. The van der Waals surface area contributed by atoms with E-state index in [4.69, 9.17) is 5.11 Å². The van der Waals surface area contributed by atoms with E-state index in [1.165, 1.54) is 24.3 Å². The summed E-state index contributed by atoms with van der Waals surface area (Å²) in [5, 5.41) is 28.1. The van der Waals surface area contributed by atoms with Crippen LogP contribution in [0.5, 0.6) is 5.75 Å². The van der Waals surface area contributed by atoms with E-state index in [0.29, 0.717) is 12.0 Å². The van der Waals surface area contributed by atoms with Gasteiger partial charge in [0.15, 0.2) is 5.79 Å². The molecule has 1 rings (SSSR count). The molecule has 0 aliphatic heterocycles. The van der Waals surface area contributed by atoms with Crippen LogP contribution in [0.3, 0.4) is 0 Å². The summed E-state index contributed by atoms with van der Waals surface area (Å²) in [5.74, 6) is -1.65. The molecular weight excluding hydrogens is 168 g/mol. The maximum Gasteiger partial charge on any atom is 0.189 e. The zero-order chi connectivity index (χ0) is 9.90. The molecule has 0 spiro atoms. The Hall–Kier alpha value is -1.06. The summed E-state index contributed by atoms with van der Waals surface area (Å²) in [5.41, 5.74) is 0.409. The van der Waals surface area contributed by atoms with Gasteiger partial charge in [-0.3, -0.25) is 0 Å². The van der Waals surface area contributed by atoms with Gasteiger partial charge >= 0.3 is 0 Å². The van der Waals surface area contributed by atoms with Gasteiger partial charge in [0.05, 0.1) is 0 Å². The zero-order valence-electron chi connectivity index (χ0n) is 7.57. The van der Waals surface area contributed by atoms with Gasteiger partial charge in [0.1, 0.15) is 5.75 Å². The molecule has 0 bridgehead atoms. The van der Waals surface area contributed by atoms with Crippen LogP contribution >= 0.6 is 0 Å². The summed E-state index contributed by atoms with van der Waals surface area (Å²) >= 11 is 0. The Morgan fingerprint density at radius 3 is 2.15 bits per heavy atom. The monoisotopic (exact) mass is 182 g/mol. The van der Waals surface area contributed by atoms with E-state index in [1.807, 2.05) is 6.92 Å². The van der Waals surface area contributed by atoms with E-state index in [-0.39, 0.29) is 12.2 Å². The molecule has 0 heterocycles. The Morgan fingerprint density at radius 2 is 1.69 bits per heavy atom. The first-order valence-corrected chi connectivity index (χ1v) is 4.30. The Balaban J connectivity index is 2.87. The standard InChI is InChI=1S/C10H14O3/c1-2-7-10(12,13)8-3-5-9(11)6-4-8/h3-6,11-13H,2,7H2,1H3. The minimum absolute atomic E-state index is 0.121. The predicted molar refractivity (Wildman–Crippen MR) is 49.1 cm³/mol. The molecule has 3 heteroatoms. The number of aliphatic hydroxyl groups is 2. The van der Waals surface area contributed by atoms with Crippen LogP contribution in [-0.4, -0.2) is 15.3 Å². The van der Waals surface area contributed by atoms with Gasteiger partial charge in [-0.15, -0.1) is 0 Å². The second-order valence-corrected chi connectivity index (χ2v) is 3.11. The van der Waals surface area contributed by atoms with Crippen LogP contribution < -0.4 is 0 Å². The van der Waals surface area contributed by atoms with Crippen molar-refractivity contribution in [2.45, 2.75) is 25.6 Å². The number of phenols is 1. The van der Waals surface area contributed by atoms with E-state index >= 15 is 0 Å². The van der Waals surface area contributed by atoms with Crippen LogP contribution in [0.2, 0.25) is 0 Å². The van der Waals surface area contributed by atoms with Crippen molar-refractivity contribution >= 4 is 0 Å². The summed E-state index contributed by atoms with van der Waals surface area (Å²) < 4.78 is 0. The van der Waals surface area contributed by atoms with Crippen molar-refractivity contribution in [3.8, 4) is 5.75 Å². The van der Waals surface area contributed by atoms with Gasteiger partial charge in [0, 0.05) is 12.0 Å². The lowest BCUT2D eigenvalue weighted by Crippen LogP contribution is -2.24. The Kier molecular flexibility index (Phi) is 2.90. The molecule has 1 aromatic carbocycles. The van der Waals surface area contributed by atoms with Crippen molar-refractivity contribution in [3.63, 3.8) is 0 Å². The third kappa shape index (κ3) is 2.44. The van der Waals surface area contributed by atoms with Crippen LogP contribution in [-0.2, 0) is 5.79 Å². The van der Waals surface area contributed by atoms with Gasteiger partial charge in [0.2, 0.25) is 0 Å². The first kappa shape index (κ1) is 10.0. The first-order chi connectivity index (χ1) is 6.06. The summed E-state index contributed by atoms with van der Waals surface area (Å²) in [4.78, 5) is 0. The number of hydrogen-bond donors (Lipinski definition) is 3. The highest BCUT2D eigenvalue weighted by Crippen LogP contribution is 2.24. The highest BCUT2D eigenvalue weighted by atomic mass is 16.5. The minimum Gasteiger partial charge on any atom is -0.508 e. The van der Waals surface area contributed by atoms with Crippen LogP contribution in [0.15, 0.2) is 24.3 Å². The van der Waals surface area contributed by atoms with Crippen molar-refractivity contribution < 1.29 is 15.3 Å². The average molecular weight is 182 g/mol. The zero-order valence-corrected chi connectivity index (χ0v) is 7.57. The average Bonchev–Trinajstić information content (AvgIpc) is 2.05. The summed E-state index contributed by atoms with van der Waals surface area (Å²) in [6.07, 6.45) is 0.978. The van der Waals surface area contributed by atoms with Crippen molar-refractivity contribution in [2.24, 2.45) is 0 Å². The number of benzene rings is 1. The summed E-state index contributed by atoms with van der Waals surface area (Å²) in [6.45, 7) is 1.88. The SMILES string of the molecule is CCCC(O)(O)c1ccc(O)cc1. The van der Waals surface area contributed by atoms with Gasteiger partial charge in [0.25, 0.3) is 0 Å². The van der Waals surface area contributed by atoms with Crippen LogP contribution in [0.1, 0.15) is 25.3 Å². The topological polar surface area (TPSA) is 60.7 Å². The number of aromatic hydroxyl groups is 1. The lowest BCUT2D eigenvalue weighted by atomic mass is 10.0. The largest absolute Gasteiger partial charge is 0.508 e.